The molecule has 1 fully saturated rings. The van der Waals surface area contributed by atoms with Crippen LogP contribution in [0.25, 0.3) is 0 Å². The fourth-order valence-electron chi connectivity index (χ4n) is 3.64. The summed E-state index contributed by atoms with van der Waals surface area (Å²) in [6.07, 6.45) is 1.83. The number of aliphatic imine (C=N–C) groups is 1. The van der Waals surface area contributed by atoms with Gasteiger partial charge in [0.15, 0.2) is 17.4 Å². The molecule has 2 aliphatic rings. The maximum Gasteiger partial charge on any atom is 0.210 e. The van der Waals surface area contributed by atoms with Gasteiger partial charge in [-0.15, -0.1) is 0 Å². The summed E-state index contributed by atoms with van der Waals surface area (Å²) in [5, 5.41) is 0. The quantitative estimate of drug-likeness (QED) is 0.825. The van der Waals surface area contributed by atoms with E-state index in [1.165, 1.54) is 18.2 Å². The molecule has 0 bridgehead atoms. The molecule has 1 saturated heterocycles. The highest BCUT2D eigenvalue weighted by Crippen LogP contribution is 2.29. The number of anilines is 1. The zero-order valence-corrected chi connectivity index (χ0v) is 14.4. The van der Waals surface area contributed by atoms with Gasteiger partial charge in [-0.3, -0.25) is 14.5 Å². The molecule has 4 rings (SSSR count). The van der Waals surface area contributed by atoms with Gasteiger partial charge in [-0.25, -0.2) is 13.8 Å². The Balaban J connectivity index is 1.87. The number of nitrogens with two attached hydrogens (primary N) is 1. The summed E-state index contributed by atoms with van der Waals surface area (Å²) in [7, 11) is 0. The molecule has 2 aromatic rings. The number of nitrogen functional groups attached to an aromatic ring is 1. The van der Waals surface area contributed by atoms with Crippen LogP contribution in [-0.4, -0.2) is 41.3 Å². The zero-order valence-electron chi connectivity index (χ0n) is 14.4. The lowest BCUT2D eigenvalue weighted by Gasteiger charge is -2.31. The van der Waals surface area contributed by atoms with Crippen LogP contribution < -0.4 is 5.73 Å². The van der Waals surface area contributed by atoms with Crippen molar-refractivity contribution in [2.24, 2.45) is 4.99 Å². The van der Waals surface area contributed by atoms with E-state index in [0.29, 0.717) is 18.8 Å². The topological polar surface area (TPSA) is 75.8 Å². The normalized spacial score (nSPS) is 21.7. The van der Waals surface area contributed by atoms with Crippen LogP contribution in [0.3, 0.4) is 0 Å². The van der Waals surface area contributed by atoms with E-state index >= 15 is 0 Å². The second-order valence-corrected chi connectivity index (χ2v) is 6.74. The Kier molecular flexibility index (Phi) is 4.31. The first-order valence-electron chi connectivity index (χ1n) is 8.72. The smallest absolute Gasteiger partial charge is 0.210 e. The molecule has 0 amide bonds. The lowest BCUT2D eigenvalue weighted by Crippen LogP contribution is -2.51. The van der Waals surface area contributed by atoms with Crippen LogP contribution >= 0.6 is 0 Å². The summed E-state index contributed by atoms with van der Waals surface area (Å²) in [6.45, 7) is 1.33. The van der Waals surface area contributed by atoms with E-state index in [9.17, 15) is 18.4 Å². The third-order valence-electron chi connectivity index (χ3n) is 4.95. The molecule has 2 N–H and O–H groups in total. The Bertz CT molecular complexity index is 981. The van der Waals surface area contributed by atoms with Crippen molar-refractivity contribution >= 4 is 28.7 Å². The molecule has 1 unspecified atom stereocenters. The van der Waals surface area contributed by atoms with Gasteiger partial charge in [0.25, 0.3) is 0 Å². The van der Waals surface area contributed by atoms with Crippen LogP contribution in [0.5, 0.6) is 0 Å². The molecule has 0 spiro atoms. The standard InChI is InChI=1S/C20H17F2N3O2/c21-15-6-4-12(10-16(15)22)24-17-18(25-7-1-2-8-25)20(27)14-9-11(23)3-5-13(14)19(17)26/h3-6,9-10,18H,1-2,7-8,23H2. The summed E-state index contributed by atoms with van der Waals surface area (Å²) in [6, 6.07) is 6.86. The molecule has 0 saturated carbocycles. The lowest BCUT2D eigenvalue weighted by atomic mass is 9.83. The van der Waals surface area contributed by atoms with Gasteiger partial charge >= 0.3 is 0 Å². The Morgan fingerprint density at radius 2 is 1.70 bits per heavy atom. The summed E-state index contributed by atoms with van der Waals surface area (Å²) >= 11 is 0. The van der Waals surface area contributed by atoms with Gasteiger partial charge < -0.3 is 5.73 Å². The highest BCUT2D eigenvalue weighted by atomic mass is 19.2. The van der Waals surface area contributed by atoms with E-state index in [1.807, 2.05) is 4.90 Å². The Morgan fingerprint density at radius 3 is 2.41 bits per heavy atom. The van der Waals surface area contributed by atoms with E-state index in [1.54, 1.807) is 6.07 Å². The Hall–Kier alpha value is -2.93. The number of carbonyl (C=O) groups is 2. The minimum atomic E-state index is -1.06. The van der Waals surface area contributed by atoms with Crippen LogP contribution in [0.2, 0.25) is 0 Å². The van der Waals surface area contributed by atoms with Gasteiger partial charge in [-0.2, -0.15) is 0 Å². The number of rotatable bonds is 2. The van der Waals surface area contributed by atoms with E-state index in [0.717, 1.165) is 25.0 Å². The molecule has 7 heteroatoms. The second kappa shape index (κ2) is 6.66. The zero-order chi connectivity index (χ0) is 19.1. The van der Waals surface area contributed by atoms with Crippen molar-refractivity contribution < 1.29 is 18.4 Å². The fraction of sp³-hybridized carbons (Fsp3) is 0.250. The van der Waals surface area contributed by atoms with Gasteiger partial charge in [0.05, 0.1) is 5.69 Å². The van der Waals surface area contributed by atoms with Crippen molar-refractivity contribution in [2.45, 2.75) is 18.9 Å². The highest BCUT2D eigenvalue weighted by molar-refractivity contribution is 6.55. The van der Waals surface area contributed by atoms with Crippen LogP contribution in [0.15, 0.2) is 41.4 Å². The number of fused-ring (bicyclic) bond motifs is 1. The number of likely N-dealkylation sites (tertiary alicyclic amines) is 1. The maximum atomic E-state index is 13.6. The van der Waals surface area contributed by atoms with Crippen molar-refractivity contribution in [1.82, 2.24) is 4.90 Å². The molecule has 1 heterocycles. The molecule has 1 atom stereocenters. The summed E-state index contributed by atoms with van der Waals surface area (Å²) in [5.74, 6) is -2.70. The van der Waals surface area contributed by atoms with Crippen molar-refractivity contribution in [1.29, 1.82) is 0 Å². The number of benzene rings is 2. The Labute approximate surface area is 154 Å². The van der Waals surface area contributed by atoms with E-state index in [-0.39, 0.29) is 28.3 Å². The average molecular weight is 369 g/mol. The highest BCUT2D eigenvalue weighted by Gasteiger charge is 2.42. The van der Waals surface area contributed by atoms with Crippen molar-refractivity contribution in [3.63, 3.8) is 0 Å². The number of Topliss-reactive ketones (excluding diaryl/α,β-unsaturated/α-hetero) is 2. The predicted molar refractivity (Wildman–Crippen MR) is 97.6 cm³/mol. The lowest BCUT2D eigenvalue weighted by molar-refractivity contribution is 0.0873. The Morgan fingerprint density at radius 1 is 0.963 bits per heavy atom. The third-order valence-corrected chi connectivity index (χ3v) is 4.95. The van der Waals surface area contributed by atoms with Crippen molar-refractivity contribution in [2.75, 3.05) is 18.8 Å². The SMILES string of the molecule is Nc1ccc2c(c1)C(=O)C(N1CCCC1)C(=Nc1ccc(F)c(F)c1)C2=O. The predicted octanol–water partition coefficient (Wildman–Crippen LogP) is 3.16. The first-order valence-corrected chi connectivity index (χ1v) is 8.72. The molecule has 1 aliphatic carbocycles. The largest absolute Gasteiger partial charge is 0.399 e. The summed E-state index contributed by atoms with van der Waals surface area (Å²) < 4.78 is 26.8. The molecule has 1 aliphatic heterocycles. The number of ketones is 2. The minimum absolute atomic E-state index is 0.0326. The van der Waals surface area contributed by atoms with Crippen LogP contribution in [0.1, 0.15) is 33.6 Å². The molecule has 0 radical (unpaired) electrons. The van der Waals surface area contributed by atoms with Crippen LogP contribution in [0, 0.1) is 11.6 Å². The van der Waals surface area contributed by atoms with Gasteiger partial charge in [-0.1, -0.05) is 0 Å². The van der Waals surface area contributed by atoms with Gasteiger partial charge in [-0.05, 0) is 56.3 Å². The minimum Gasteiger partial charge on any atom is -0.399 e. The molecular weight excluding hydrogens is 352 g/mol. The van der Waals surface area contributed by atoms with Gasteiger partial charge in [0, 0.05) is 22.9 Å². The van der Waals surface area contributed by atoms with Crippen LogP contribution in [-0.2, 0) is 0 Å². The maximum absolute atomic E-state index is 13.6. The first kappa shape index (κ1) is 17.5. The van der Waals surface area contributed by atoms with Crippen LogP contribution in [0.4, 0.5) is 20.2 Å². The fourth-order valence-corrected chi connectivity index (χ4v) is 3.64. The number of nitrogens with zero attached hydrogens (tertiary/aromatic N) is 2. The molecule has 27 heavy (non-hydrogen) atoms. The number of hydrogen-bond acceptors (Lipinski definition) is 5. The second-order valence-electron chi connectivity index (χ2n) is 6.74. The summed E-state index contributed by atoms with van der Waals surface area (Å²) in [4.78, 5) is 32.4. The number of carbonyl (C=O) groups excluding carboxylic acids is 2. The molecule has 2 aromatic carbocycles. The molecular formula is C20H17F2N3O2. The van der Waals surface area contributed by atoms with E-state index in [2.05, 4.69) is 4.99 Å². The molecule has 5 nitrogen and oxygen atoms in total. The monoisotopic (exact) mass is 369 g/mol. The summed E-state index contributed by atoms with van der Waals surface area (Å²) in [5.41, 5.74) is 6.82. The molecule has 0 aromatic heterocycles. The van der Waals surface area contributed by atoms with E-state index in [4.69, 9.17) is 5.73 Å². The number of hydrogen-bond donors (Lipinski definition) is 1. The number of halogens is 2. The third kappa shape index (κ3) is 3.04. The van der Waals surface area contributed by atoms with Crippen molar-refractivity contribution in [3.05, 3.63) is 59.2 Å². The average Bonchev–Trinajstić information content (AvgIpc) is 3.17. The van der Waals surface area contributed by atoms with Crippen molar-refractivity contribution in [3.8, 4) is 0 Å². The molecule has 138 valence electrons. The van der Waals surface area contributed by atoms with Gasteiger partial charge in [0.2, 0.25) is 5.78 Å². The van der Waals surface area contributed by atoms with E-state index < -0.39 is 23.5 Å². The first-order chi connectivity index (χ1) is 13.0. The van der Waals surface area contributed by atoms with Gasteiger partial charge in [0.1, 0.15) is 11.8 Å².